The molecule has 0 aromatic heterocycles. The van der Waals surface area contributed by atoms with E-state index in [-0.39, 0.29) is 36.4 Å². The molecule has 3 aromatic carbocycles. The van der Waals surface area contributed by atoms with Gasteiger partial charge < -0.3 is 15.7 Å². The molecule has 2 atom stereocenters. The Hall–Kier alpha value is -4.06. The molecular formula is C27H26F3N3O5. The van der Waals surface area contributed by atoms with Crippen molar-refractivity contribution in [3.8, 4) is 11.1 Å². The number of hydrogen-bond acceptors (Lipinski definition) is 6. The van der Waals surface area contributed by atoms with E-state index in [1.54, 1.807) is 48.5 Å². The first kappa shape index (κ1) is 28.5. The van der Waals surface area contributed by atoms with Crippen LogP contribution in [0.15, 0.2) is 60.7 Å². The molecule has 0 bridgehead atoms. The molecule has 0 saturated heterocycles. The highest BCUT2D eigenvalue weighted by Gasteiger charge is 2.25. The molecule has 8 nitrogen and oxygen atoms in total. The number of amides is 2. The molecule has 200 valence electrons. The summed E-state index contributed by atoms with van der Waals surface area (Å²) in [7, 11) is 0. The quantitative estimate of drug-likeness (QED) is 0.148. The maximum atomic E-state index is 13.7. The van der Waals surface area contributed by atoms with E-state index >= 15 is 0 Å². The summed E-state index contributed by atoms with van der Waals surface area (Å²) >= 11 is 0. The summed E-state index contributed by atoms with van der Waals surface area (Å²) < 4.78 is 40.0. The van der Waals surface area contributed by atoms with Crippen LogP contribution >= 0.6 is 0 Å². The minimum Gasteiger partial charge on any atom is -0.391 e. The third kappa shape index (κ3) is 7.48. The van der Waals surface area contributed by atoms with Crippen LogP contribution in [0.3, 0.4) is 0 Å². The molecule has 3 aromatic rings. The Morgan fingerprint density at radius 2 is 1.45 bits per heavy atom. The minimum absolute atomic E-state index is 0.0806. The van der Waals surface area contributed by atoms with Crippen LogP contribution in [0.5, 0.6) is 0 Å². The normalized spacial score (nSPS) is 12.5. The number of carbonyl (C=O) groups excluding carboxylic acids is 3. The summed E-state index contributed by atoms with van der Waals surface area (Å²) in [4.78, 5) is 36.3. The van der Waals surface area contributed by atoms with Gasteiger partial charge in [0.1, 0.15) is 11.9 Å². The number of halogens is 3. The average molecular weight is 530 g/mol. The predicted molar refractivity (Wildman–Crippen MR) is 131 cm³/mol. The topological polar surface area (TPSA) is 128 Å². The first-order chi connectivity index (χ1) is 18.1. The van der Waals surface area contributed by atoms with Crippen molar-refractivity contribution in [2.75, 3.05) is 6.54 Å². The molecule has 0 aliphatic carbocycles. The Bertz CT molecular complexity index is 1300. The number of Topliss-reactive ketones (excluding diaryl/α,β-unsaturated/α-hetero) is 1. The van der Waals surface area contributed by atoms with E-state index in [2.05, 4.69) is 10.6 Å². The number of ketones is 1. The molecule has 0 fully saturated rings. The summed E-state index contributed by atoms with van der Waals surface area (Å²) in [6.07, 6.45) is -1.12. The van der Waals surface area contributed by atoms with Gasteiger partial charge in [0.25, 0.3) is 11.8 Å². The number of carbonyl (C=O) groups is 3. The number of hydrogen-bond donors (Lipinski definition) is 5. The number of aliphatic hydroxyl groups excluding tert-OH is 1. The van der Waals surface area contributed by atoms with E-state index in [0.717, 1.165) is 22.8 Å². The summed E-state index contributed by atoms with van der Waals surface area (Å²) in [5.41, 5.74) is 3.90. The molecule has 11 heteroatoms. The maximum Gasteiger partial charge on any atom is 0.268 e. The standard InChI is InChI=1S/C27H26F3N3O5/c1-15(34)25(27(37)33-38)32-26(36)19-8-6-18(7-9-19)17-4-2-16(3-5-17)10-21(35)14-31-13-20-11-23(29)24(30)12-22(20)28/h2-9,11-12,15,25,31,34,38H,10,13-14H2,1H3,(H,32,36)(H,33,37)/t15-,25+/m1/s1. The van der Waals surface area contributed by atoms with Crippen LogP contribution in [0, 0.1) is 17.5 Å². The molecule has 0 unspecified atom stereocenters. The van der Waals surface area contributed by atoms with E-state index < -0.39 is 41.4 Å². The first-order valence-corrected chi connectivity index (χ1v) is 11.6. The molecule has 0 aliphatic rings. The van der Waals surface area contributed by atoms with Crippen molar-refractivity contribution >= 4 is 17.6 Å². The monoisotopic (exact) mass is 529 g/mol. The third-order valence-corrected chi connectivity index (χ3v) is 5.72. The van der Waals surface area contributed by atoms with Crippen LogP contribution in [0.2, 0.25) is 0 Å². The minimum atomic E-state index is -1.33. The second kappa shape index (κ2) is 13.0. The van der Waals surface area contributed by atoms with Gasteiger partial charge in [-0.25, -0.2) is 18.7 Å². The van der Waals surface area contributed by atoms with E-state index in [1.165, 1.54) is 12.4 Å². The smallest absolute Gasteiger partial charge is 0.268 e. The lowest BCUT2D eigenvalue weighted by atomic mass is 10.0. The summed E-state index contributed by atoms with van der Waals surface area (Å²) in [5, 5.41) is 23.5. The van der Waals surface area contributed by atoms with Crippen molar-refractivity contribution in [1.82, 2.24) is 16.1 Å². The van der Waals surface area contributed by atoms with Crippen LogP contribution < -0.4 is 16.1 Å². The lowest BCUT2D eigenvalue weighted by Crippen LogP contribution is -2.51. The van der Waals surface area contributed by atoms with Gasteiger partial charge in [-0.2, -0.15) is 0 Å². The highest BCUT2D eigenvalue weighted by Crippen LogP contribution is 2.21. The van der Waals surface area contributed by atoms with Gasteiger partial charge >= 0.3 is 0 Å². The van der Waals surface area contributed by atoms with Gasteiger partial charge in [0.05, 0.1) is 12.6 Å². The fourth-order valence-corrected chi connectivity index (χ4v) is 3.65. The second-order valence-electron chi connectivity index (χ2n) is 8.62. The number of hydroxylamine groups is 1. The highest BCUT2D eigenvalue weighted by atomic mass is 19.2. The Balaban J connectivity index is 1.54. The van der Waals surface area contributed by atoms with Gasteiger partial charge in [0.15, 0.2) is 17.4 Å². The van der Waals surface area contributed by atoms with Crippen molar-refractivity contribution in [3.63, 3.8) is 0 Å². The highest BCUT2D eigenvalue weighted by molar-refractivity contribution is 5.98. The molecule has 3 rings (SSSR count). The summed E-state index contributed by atoms with van der Waals surface area (Å²) in [6.45, 7) is 1.09. The zero-order chi connectivity index (χ0) is 27.8. The molecule has 38 heavy (non-hydrogen) atoms. The van der Waals surface area contributed by atoms with Gasteiger partial charge in [0, 0.05) is 30.2 Å². The lowest BCUT2D eigenvalue weighted by Gasteiger charge is -2.19. The third-order valence-electron chi connectivity index (χ3n) is 5.72. The maximum absolute atomic E-state index is 13.7. The second-order valence-corrected chi connectivity index (χ2v) is 8.62. The molecule has 0 heterocycles. The molecule has 0 saturated carbocycles. The van der Waals surface area contributed by atoms with Crippen LogP contribution in [0.25, 0.3) is 11.1 Å². The molecule has 2 amide bonds. The summed E-state index contributed by atoms with van der Waals surface area (Å²) in [6, 6.07) is 13.5. The molecular weight excluding hydrogens is 503 g/mol. The van der Waals surface area contributed by atoms with Crippen molar-refractivity contribution in [2.24, 2.45) is 0 Å². The Labute approximate surface area is 216 Å². The van der Waals surface area contributed by atoms with Gasteiger partial charge in [-0.15, -0.1) is 0 Å². The molecule has 5 N–H and O–H groups in total. The predicted octanol–water partition coefficient (Wildman–Crippen LogP) is 2.66. The van der Waals surface area contributed by atoms with Gasteiger partial charge in [0.2, 0.25) is 0 Å². The van der Waals surface area contributed by atoms with E-state index in [1.807, 2.05) is 0 Å². The Kier molecular flexibility index (Phi) is 9.72. The number of benzene rings is 3. The molecule has 0 aliphatic heterocycles. The van der Waals surface area contributed by atoms with E-state index in [9.17, 15) is 32.7 Å². The zero-order valence-electron chi connectivity index (χ0n) is 20.3. The van der Waals surface area contributed by atoms with E-state index in [0.29, 0.717) is 6.07 Å². The largest absolute Gasteiger partial charge is 0.391 e. The van der Waals surface area contributed by atoms with Crippen LogP contribution in [-0.4, -0.2) is 46.6 Å². The summed E-state index contributed by atoms with van der Waals surface area (Å²) in [5.74, 6) is -5.07. The zero-order valence-corrected chi connectivity index (χ0v) is 20.3. The average Bonchev–Trinajstić information content (AvgIpc) is 2.90. The van der Waals surface area contributed by atoms with Crippen molar-refractivity contribution in [3.05, 3.63) is 94.8 Å². The van der Waals surface area contributed by atoms with Crippen LogP contribution in [-0.2, 0) is 22.6 Å². The Morgan fingerprint density at radius 1 is 0.868 bits per heavy atom. The fourth-order valence-electron chi connectivity index (χ4n) is 3.65. The Morgan fingerprint density at radius 3 is 2.03 bits per heavy atom. The van der Waals surface area contributed by atoms with Crippen molar-refractivity contribution in [1.29, 1.82) is 0 Å². The van der Waals surface area contributed by atoms with Gasteiger partial charge in [-0.3, -0.25) is 19.6 Å². The van der Waals surface area contributed by atoms with Gasteiger partial charge in [-0.1, -0.05) is 36.4 Å². The van der Waals surface area contributed by atoms with Gasteiger partial charge in [-0.05, 0) is 41.8 Å². The lowest BCUT2D eigenvalue weighted by molar-refractivity contribution is -0.133. The number of aliphatic hydroxyl groups is 1. The van der Waals surface area contributed by atoms with Crippen LogP contribution in [0.4, 0.5) is 13.2 Å². The van der Waals surface area contributed by atoms with Crippen molar-refractivity contribution in [2.45, 2.75) is 32.0 Å². The van der Waals surface area contributed by atoms with E-state index in [4.69, 9.17) is 5.21 Å². The van der Waals surface area contributed by atoms with Crippen LogP contribution in [0.1, 0.15) is 28.4 Å². The number of rotatable bonds is 11. The molecule has 0 spiro atoms. The van der Waals surface area contributed by atoms with Crippen molar-refractivity contribution < 1.29 is 37.9 Å². The number of nitrogens with one attached hydrogen (secondary N) is 3. The first-order valence-electron chi connectivity index (χ1n) is 11.6. The molecule has 0 radical (unpaired) electrons. The fraction of sp³-hybridized carbons (Fsp3) is 0.222. The SMILES string of the molecule is C[C@@H](O)[C@H](NC(=O)c1ccc(-c2ccc(CC(=O)CNCc3cc(F)c(F)cc3F)cc2)cc1)C(=O)NO.